The Kier molecular flexibility index (Phi) is 8.03. The molecule has 0 aliphatic carbocycles. The van der Waals surface area contributed by atoms with Gasteiger partial charge in [0.2, 0.25) is 0 Å². The van der Waals surface area contributed by atoms with E-state index in [0.29, 0.717) is 0 Å². The molecule has 1 aliphatic rings. The number of amides is 1. The average Bonchev–Trinajstić information content (AvgIpc) is 2.85. The van der Waals surface area contributed by atoms with E-state index in [9.17, 15) is 19.3 Å². The topological polar surface area (TPSA) is 90.5 Å². The number of rotatable bonds is 2. The van der Waals surface area contributed by atoms with E-state index in [1.54, 1.807) is 20.8 Å². The zero-order valence-corrected chi connectivity index (χ0v) is 15.7. The molecule has 1 saturated heterocycles. The quantitative estimate of drug-likeness (QED) is 0.579. The lowest BCUT2D eigenvalue weighted by atomic mass is 10.0. The third-order valence-corrected chi connectivity index (χ3v) is 3.20. The van der Waals surface area contributed by atoms with Crippen molar-refractivity contribution in [2.45, 2.75) is 45.0 Å². The number of hydrogen-bond donors (Lipinski definition) is 0. The van der Waals surface area contributed by atoms with Crippen LogP contribution in [0.5, 0.6) is 0 Å². The molecule has 0 unspecified atom stereocenters. The maximum atomic E-state index is 13.9. The van der Waals surface area contributed by atoms with Crippen LogP contribution in [0.1, 0.15) is 33.2 Å². The summed E-state index contributed by atoms with van der Waals surface area (Å²) in [6.45, 7) is 5.35. The largest absolute Gasteiger partial charge is 0.444 e. The molecule has 0 N–H and O–H groups in total. The molecule has 1 fully saturated rings. The van der Waals surface area contributed by atoms with Crippen molar-refractivity contribution in [3.8, 4) is 0 Å². The van der Waals surface area contributed by atoms with Gasteiger partial charge in [-0.2, -0.15) is 32.1 Å². The van der Waals surface area contributed by atoms with Gasteiger partial charge in [-0.05, 0) is 20.8 Å². The van der Waals surface area contributed by atoms with Crippen molar-refractivity contribution in [2.75, 3.05) is 13.1 Å². The number of aromatic nitrogens is 2. The van der Waals surface area contributed by atoms with E-state index in [1.807, 2.05) is 0 Å². The van der Waals surface area contributed by atoms with Crippen molar-refractivity contribution in [3.63, 3.8) is 0 Å². The zero-order valence-electron chi connectivity index (χ0n) is 13.7. The summed E-state index contributed by atoms with van der Waals surface area (Å²) in [5, 5.41) is 14.6. The maximum Gasteiger partial charge on any atom is 0.410 e. The number of ether oxygens (including phenoxy) is 1. The van der Waals surface area contributed by atoms with Crippen LogP contribution in [0.15, 0.2) is 12.4 Å². The fourth-order valence-corrected chi connectivity index (χ4v) is 2.30. The number of piperidine rings is 1. The molecule has 2 rings (SSSR count). The molecule has 2 atom stereocenters. The first-order chi connectivity index (χ1) is 10.2. The molecule has 1 aromatic rings. The number of nitrogens with zero attached hydrogens (tertiary/aromatic N) is 4. The highest BCUT2D eigenvalue weighted by Crippen LogP contribution is 2.26. The molecule has 0 spiro atoms. The molecular formula is C13H23FN4O4S2. The van der Waals surface area contributed by atoms with Gasteiger partial charge in [0, 0.05) is 13.0 Å². The van der Waals surface area contributed by atoms with Crippen molar-refractivity contribution in [3.05, 3.63) is 22.5 Å². The minimum Gasteiger partial charge on any atom is -0.444 e. The van der Waals surface area contributed by atoms with Gasteiger partial charge in [0.25, 0.3) is 0 Å². The third-order valence-electron chi connectivity index (χ3n) is 3.20. The van der Waals surface area contributed by atoms with E-state index in [1.165, 1.54) is 15.8 Å². The summed E-state index contributed by atoms with van der Waals surface area (Å²) in [5.74, 6) is 0. The molecule has 138 valence electrons. The Bertz CT molecular complexity index is 579. The van der Waals surface area contributed by atoms with Crippen LogP contribution in [0.25, 0.3) is 0 Å². The molecule has 1 aliphatic heterocycles. The number of likely N-dealkylation sites (tertiary alicyclic amines) is 1. The monoisotopic (exact) mass is 382 g/mol. The molecule has 2 heterocycles. The Morgan fingerprint density at radius 2 is 2.04 bits per heavy atom. The molecule has 0 saturated carbocycles. The summed E-state index contributed by atoms with van der Waals surface area (Å²) in [6.07, 6.45) is 0.685. The number of carbonyl (C=O) groups excluding carboxylic acids is 1. The summed E-state index contributed by atoms with van der Waals surface area (Å²) in [6, 6.07) is -0.454. The highest BCUT2D eigenvalue weighted by atomic mass is 32.1. The van der Waals surface area contributed by atoms with Crippen LogP contribution in [-0.4, -0.2) is 50.6 Å². The summed E-state index contributed by atoms with van der Waals surface area (Å²) < 4.78 is 20.5. The SMILES string of the molecule is CC(C)(C)OC(=O)N1C[C@@H](F)C[C@H](n2cc([N+](=O)[O-])cn2)C1.S.S. The second-order valence-corrected chi connectivity index (χ2v) is 6.31. The summed E-state index contributed by atoms with van der Waals surface area (Å²) in [4.78, 5) is 23.4. The van der Waals surface area contributed by atoms with E-state index < -0.39 is 28.8 Å². The number of nitro groups is 1. The Morgan fingerprint density at radius 3 is 2.54 bits per heavy atom. The van der Waals surface area contributed by atoms with E-state index >= 15 is 0 Å². The van der Waals surface area contributed by atoms with Crippen molar-refractivity contribution >= 4 is 38.8 Å². The third kappa shape index (κ3) is 5.86. The Labute approximate surface area is 153 Å². The molecule has 0 bridgehead atoms. The van der Waals surface area contributed by atoms with Gasteiger partial charge >= 0.3 is 11.8 Å². The lowest BCUT2D eigenvalue weighted by Gasteiger charge is -2.35. The molecule has 11 heteroatoms. The molecule has 1 amide bonds. The average molecular weight is 382 g/mol. The maximum absolute atomic E-state index is 13.9. The zero-order chi connectivity index (χ0) is 16.5. The minimum absolute atomic E-state index is 0. The van der Waals surface area contributed by atoms with Gasteiger partial charge in [-0.1, -0.05) is 0 Å². The lowest BCUT2D eigenvalue weighted by molar-refractivity contribution is -0.385. The molecule has 0 aromatic carbocycles. The van der Waals surface area contributed by atoms with Gasteiger partial charge < -0.3 is 9.64 Å². The van der Waals surface area contributed by atoms with Gasteiger partial charge in [-0.3, -0.25) is 14.8 Å². The molecule has 1 aromatic heterocycles. The van der Waals surface area contributed by atoms with Crippen LogP contribution in [0.4, 0.5) is 14.9 Å². The predicted molar refractivity (Wildman–Crippen MR) is 96.0 cm³/mol. The number of alkyl halides is 1. The van der Waals surface area contributed by atoms with Crippen LogP contribution in [0.3, 0.4) is 0 Å². The van der Waals surface area contributed by atoms with Crippen molar-refractivity contribution in [1.82, 2.24) is 14.7 Å². The van der Waals surface area contributed by atoms with E-state index in [2.05, 4.69) is 5.10 Å². The molecule has 24 heavy (non-hydrogen) atoms. The summed E-state index contributed by atoms with van der Waals surface area (Å²) in [5.41, 5.74) is -0.829. The Morgan fingerprint density at radius 1 is 1.42 bits per heavy atom. The van der Waals surface area contributed by atoms with Crippen molar-refractivity contribution in [2.24, 2.45) is 0 Å². The van der Waals surface area contributed by atoms with Crippen molar-refractivity contribution in [1.29, 1.82) is 0 Å². The Hall–Kier alpha value is -1.49. The molecule has 8 nitrogen and oxygen atoms in total. The van der Waals surface area contributed by atoms with Crippen LogP contribution in [0, 0.1) is 10.1 Å². The number of carbonyl (C=O) groups is 1. The lowest BCUT2D eigenvalue weighted by Crippen LogP contribution is -2.47. The van der Waals surface area contributed by atoms with Gasteiger partial charge in [-0.25, -0.2) is 9.18 Å². The second-order valence-electron chi connectivity index (χ2n) is 6.31. The van der Waals surface area contributed by atoms with Crippen LogP contribution < -0.4 is 0 Å². The van der Waals surface area contributed by atoms with E-state index in [-0.39, 0.29) is 52.2 Å². The first-order valence-electron chi connectivity index (χ1n) is 6.96. The molecular weight excluding hydrogens is 359 g/mol. The van der Waals surface area contributed by atoms with Gasteiger partial charge in [0.15, 0.2) is 0 Å². The van der Waals surface area contributed by atoms with Crippen LogP contribution in [0.2, 0.25) is 0 Å². The number of halogens is 1. The first kappa shape index (κ1) is 22.5. The fourth-order valence-electron chi connectivity index (χ4n) is 2.30. The summed E-state index contributed by atoms with van der Waals surface area (Å²) in [7, 11) is 0. The smallest absolute Gasteiger partial charge is 0.410 e. The highest BCUT2D eigenvalue weighted by Gasteiger charge is 2.34. The first-order valence-corrected chi connectivity index (χ1v) is 6.96. The van der Waals surface area contributed by atoms with Crippen molar-refractivity contribution < 1.29 is 18.8 Å². The Balaban J connectivity index is 0.00000264. The second kappa shape index (κ2) is 8.56. The van der Waals surface area contributed by atoms with Crippen LogP contribution >= 0.6 is 27.0 Å². The van der Waals surface area contributed by atoms with E-state index in [0.717, 1.165) is 6.20 Å². The summed E-state index contributed by atoms with van der Waals surface area (Å²) >= 11 is 0. The van der Waals surface area contributed by atoms with Gasteiger partial charge in [-0.15, -0.1) is 0 Å². The van der Waals surface area contributed by atoms with Gasteiger partial charge in [0.1, 0.15) is 24.2 Å². The predicted octanol–water partition coefficient (Wildman–Crippen LogP) is 2.54. The van der Waals surface area contributed by atoms with Gasteiger partial charge in [0.05, 0.1) is 17.5 Å². The normalized spacial score (nSPS) is 20.6. The number of hydrogen-bond acceptors (Lipinski definition) is 5. The molecule has 0 radical (unpaired) electrons. The highest BCUT2D eigenvalue weighted by molar-refractivity contribution is 7.59. The standard InChI is InChI=1S/C13H19FN4O4.2H2S/c1-13(2,3)22-12(19)16-6-9(14)4-10(7-16)17-8-11(5-15-17)18(20)21;;/h5,8-10H,4,6-7H2,1-3H3;2*1H2/t9-,10-;;/m0../s1. The van der Waals surface area contributed by atoms with Crippen LogP contribution in [-0.2, 0) is 4.74 Å². The fraction of sp³-hybridized carbons (Fsp3) is 0.692. The minimum atomic E-state index is -1.23. The van der Waals surface area contributed by atoms with E-state index in [4.69, 9.17) is 4.74 Å².